The summed E-state index contributed by atoms with van der Waals surface area (Å²) in [5, 5.41) is 18.4. The molecular formula is C25H23N5O4. The summed E-state index contributed by atoms with van der Waals surface area (Å²) >= 11 is 0. The third kappa shape index (κ3) is 4.20. The minimum Gasteiger partial charge on any atom is -0.479 e. The number of carbonyl (C=O) groups is 1. The first-order chi connectivity index (χ1) is 16.6. The van der Waals surface area contributed by atoms with Crippen molar-refractivity contribution in [2.75, 3.05) is 6.61 Å². The van der Waals surface area contributed by atoms with Gasteiger partial charge in [0.2, 0.25) is 0 Å². The van der Waals surface area contributed by atoms with Crippen molar-refractivity contribution in [2.45, 2.75) is 25.7 Å². The number of aromatic nitrogens is 4. The molecule has 3 aromatic heterocycles. The number of aliphatic carboxylic acids is 1. The second-order valence-corrected chi connectivity index (χ2v) is 8.01. The molecule has 9 nitrogen and oxygen atoms in total. The van der Waals surface area contributed by atoms with Crippen LogP contribution < -0.4 is 11.0 Å². The van der Waals surface area contributed by atoms with Crippen molar-refractivity contribution < 1.29 is 14.7 Å². The topological polar surface area (TPSA) is 111 Å². The van der Waals surface area contributed by atoms with E-state index in [1.165, 1.54) is 10.7 Å². The Kier molecular flexibility index (Phi) is 5.92. The first-order valence-corrected chi connectivity index (χ1v) is 11.1. The van der Waals surface area contributed by atoms with Gasteiger partial charge in [-0.25, -0.2) is 9.31 Å². The third-order valence-electron chi connectivity index (χ3n) is 5.73. The number of hydrogen-bond acceptors (Lipinski definition) is 6. The van der Waals surface area contributed by atoms with Gasteiger partial charge in [-0.3, -0.25) is 15.1 Å². The molecule has 4 aromatic rings. The lowest BCUT2D eigenvalue weighted by Gasteiger charge is -2.21. The fourth-order valence-corrected chi connectivity index (χ4v) is 4.21. The summed E-state index contributed by atoms with van der Waals surface area (Å²) in [4.78, 5) is 28.8. The molecule has 34 heavy (non-hydrogen) atoms. The van der Waals surface area contributed by atoms with E-state index in [1.807, 2.05) is 54.7 Å². The molecule has 2 N–H and O–H groups in total. The summed E-state index contributed by atoms with van der Waals surface area (Å²) in [5.41, 5.74) is 7.85. The molecule has 9 heteroatoms. The minimum atomic E-state index is -1.08. The number of carboxylic acids is 1. The molecule has 0 saturated carbocycles. The molecule has 0 unspecified atom stereocenters. The number of fused-ring (bicyclic) bond motifs is 1. The van der Waals surface area contributed by atoms with Crippen LogP contribution >= 0.6 is 0 Å². The average molecular weight is 457 g/mol. The van der Waals surface area contributed by atoms with Crippen molar-refractivity contribution in [3.05, 3.63) is 82.9 Å². The molecule has 3 heterocycles. The standard InChI is InChI=1S/C25H23N5O4/c31-22-14-13-19(26-30(22)20-11-5-4-10-18(20)28-34-16-23(32)33)24-21-12-6-7-15-29(21)27-25(24)17-8-2-1-3-9-17/h1-3,6-9,12-15,28H,4-5,10-11,16H2,(H,32,33). The Morgan fingerprint density at radius 3 is 2.62 bits per heavy atom. The average Bonchev–Trinajstić information content (AvgIpc) is 3.25. The second kappa shape index (κ2) is 9.32. The van der Waals surface area contributed by atoms with Crippen LogP contribution in [0.5, 0.6) is 0 Å². The molecule has 0 radical (unpaired) electrons. The van der Waals surface area contributed by atoms with E-state index in [2.05, 4.69) is 5.48 Å². The van der Waals surface area contributed by atoms with Crippen molar-refractivity contribution >= 4 is 17.2 Å². The molecule has 0 amide bonds. The second-order valence-electron chi connectivity index (χ2n) is 8.01. The minimum absolute atomic E-state index is 0.268. The Morgan fingerprint density at radius 2 is 1.79 bits per heavy atom. The van der Waals surface area contributed by atoms with Crippen molar-refractivity contribution in [3.63, 3.8) is 0 Å². The van der Waals surface area contributed by atoms with E-state index in [4.69, 9.17) is 20.1 Å². The van der Waals surface area contributed by atoms with E-state index in [-0.39, 0.29) is 5.56 Å². The van der Waals surface area contributed by atoms with Crippen molar-refractivity contribution in [1.82, 2.24) is 24.9 Å². The van der Waals surface area contributed by atoms with Gasteiger partial charge in [0.05, 0.1) is 28.2 Å². The SMILES string of the molecule is O=C(O)CONC1=C(n2nc(-c3c(-c4ccccc4)nn4ccccc34)ccc2=O)CCCC1. The van der Waals surface area contributed by atoms with Crippen LogP contribution in [0.25, 0.3) is 33.7 Å². The Balaban J connectivity index is 1.65. The molecule has 1 aliphatic carbocycles. The summed E-state index contributed by atoms with van der Waals surface area (Å²) in [7, 11) is 0. The highest BCUT2D eigenvalue weighted by Crippen LogP contribution is 2.34. The van der Waals surface area contributed by atoms with Crippen LogP contribution in [0.4, 0.5) is 0 Å². The number of benzene rings is 1. The molecule has 1 aliphatic rings. The van der Waals surface area contributed by atoms with Crippen LogP contribution in [0.3, 0.4) is 0 Å². The van der Waals surface area contributed by atoms with Crippen molar-refractivity contribution in [2.24, 2.45) is 0 Å². The lowest BCUT2D eigenvalue weighted by atomic mass is 10.0. The van der Waals surface area contributed by atoms with Gasteiger partial charge < -0.3 is 5.11 Å². The Hall–Kier alpha value is -4.24. The fraction of sp³-hybridized carbons (Fsp3) is 0.200. The van der Waals surface area contributed by atoms with E-state index in [0.717, 1.165) is 35.2 Å². The largest absolute Gasteiger partial charge is 0.479 e. The number of hydrogen-bond donors (Lipinski definition) is 2. The highest BCUT2D eigenvalue weighted by Gasteiger charge is 2.21. The summed E-state index contributed by atoms with van der Waals surface area (Å²) in [6, 6.07) is 18.9. The highest BCUT2D eigenvalue weighted by molar-refractivity contribution is 5.90. The normalized spacial score (nSPS) is 13.9. The molecular weight excluding hydrogens is 434 g/mol. The first kappa shape index (κ1) is 21.6. The van der Waals surface area contributed by atoms with Crippen LogP contribution in [0.15, 0.2) is 77.4 Å². The smallest absolute Gasteiger partial charge is 0.332 e. The summed E-state index contributed by atoms with van der Waals surface area (Å²) < 4.78 is 3.20. The zero-order valence-electron chi connectivity index (χ0n) is 18.3. The highest BCUT2D eigenvalue weighted by atomic mass is 16.7. The quantitative estimate of drug-likeness (QED) is 0.408. The molecule has 0 spiro atoms. The molecule has 0 aliphatic heterocycles. The Morgan fingerprint density at radius 1 is 1.00 bits per heavy atom. The van der Waals surface area contributed by atoms with Gasteiger partial charge in [0.15, 0.2) is 6.61 Å². The fourth-order valence-electron chi connectivity index (χ4n) is 4.21. The molecule has 0 atom stereocenters. The van der Waals surface area contributed by atoms with E-state index in [9.17, 15) is 9.59 Å². The van der Waals surface area contributed by atoms with Gasteiger partial charge >= 0.3 is 5.97 Å². The van der Waals surface area contributed by atoms with Gasteiger partial charge in [-0.1, -0.05) is 36.4 Å². The van der Waals surface area contributed by atoms with Crippen LogP contribution in [-0.2, 0) is 9.63 Å². The zero-order valence-corrected chi connectivity index (χ0v) is 18.3. The van der Waals surface area contributed by atoms with Gasteiger partial charge in [-0.2, -0.15) is 14.9 Å². The van der Waals surface area contributed by atoms with Crippen LogP contribution in [-0.4, -0.2) is 37.1 Å². The van der Waals surface area contributed by atoms with Gasteiger partial charge in [0.25, 0.3) is 5.56 Å². The molecule has 0 saturated heterocycles. The number of carboxylic acid groups (broad SMARTS) is 1. The lowest BCUT2D eigenvalue weighted by Crippen LogP contribution is -2.28. The lowest BCUT2D eigenvalue weighted by molar-refractivity contribution is -0.144. The molecule has 1 aromatic carbocycles. The zero-order chi connectivity index (χ0) is 23.5. The van der Waals surface area contributed by atoms with Crippen LogP contribution in [0.1, 0.15) is 25.7 Å². The Labute approximate surface area is 194 Å². The molecule has 0 fully saturated rings. The van der Waals surface area contributed by atoms with E-state index < -0.39 is 12.6 Å². The van der Waals surface area contributed by atoms with Gasteiger partial charge in [0, 0.05) is 17.8 Å². The van der Waals surface area contributed by atoms with E-state index in [1.54, 1.807) is 10.6 Å². The number of allylic oxidation sites excluding steroid dienone is 2. The Bertz CT molecular complexity index is 1440. The van der Waals surface area contributed by atoms with Gasteiger partial charge in [-0.15, -0.1) is 0 Å². The van der Waals surface area contributed by atoms with Crippen LogP contribution in [0.2, 0.25) is 0 Å². The number of rotatable bonds is 7. The maximum Gasteiger partial charge on any atom is 0.332 e. The summed E-state index contributed by atoms with van der Waals surface area (Å²) in [6.45, 7) is -0.484. The van der Waals surface area contributed by atoms with E-state index >= 15 is 0 Å². The summed E-state index contributed by atoms with van der Waals surface area (Å²) in [6.07, 6.45) is 4.94. The third-order valence-corrected chi connectivity index (χ3v) is 5.73. The summed E-state index contributed by atoms with van der Waals surface area (Å²) in [5.74, 6) is -1.08. The predicted molar refractivity (Wildman–Crippen MR) is 127 cm³/mol. The van der Waals surface area contributed by atoms with Gasteiger partial charge in [0.1, 0.15) is 5.69 Å². The number of hydroxylamine groups is 1. The predicted octanol–water partition coefficient (Wildman–Crippen LogP) is 3.57. The maximum absolute atomic E-state index is 12.9. The maximum atomic E-state index is 12.9. The molecule has 172 valence electrons. The van der Waals surface area contributed by atoms with Gasteiger partial charge in [-0.05, 0) is 43.9 Å². The number of pyridine rings is 1. The molecule has 0 bridgehead atoms. The van der Waals surface area contributed by atoms with Crippen molar-refractivity contribution in [3.8, 4) is 22.5 Å². The number of nitrogens with one attached hydrogen (secondary N) is 1. The van der Waals surface area contributed by atoms with Crippen molar-refractivity contribution in [1.29, 1.82) is 0 Å². The number of nitrogens with zero attached hydrogens (tertiary/aromatic N) is 4. The van der Waals surface area contributed by atoms with Crippen LogP contribution in [0, 0.1) is 0 Å². The monoisotopic (exact) mass is 457 g/mol. The molecule has 5 rings (SSSR count). The van der Waals surface area contributed by atoms with E-state index in [0.29, 0.717) is 29.9 Å². The first-order valence-electron chi connectivity index (χ1n) is 11.1.